The van der Waals surface area contributed by atoms with Crippen LogP contribution in [-0.2, 0) is 11.3 Å². The lowest BCUT2D eigenvalue weighted by Gasteiger charge is -2.25. The molecule has 0 radical (unpaired) electrons. The Labute approximate surface area is 114 Å². The molecule has 0 saturated heterocycles. The first-order valence-corrected chi connectivity index (χ1v) is 6.71. The maximum atomic E-state index is 8.72. The minimum atomic E-state index is 0.0980. The van der Waals surface area contributed by atoms with Gasteiger partial charge in [0.15, 0.2) is 0 Å². The average Bonchev–Trinajstić information content (AvgIpc) is 2.37. The van der Waals surface area contributed by atoms with E-state index in [2.05, 4.69) is 11.8 Å². The molecule has 1 aromatic carbocycles. The van der Waals surface area contributed by atoms with Crippen molar-refractivity contribution in [2.75, 3.05) is 13.7 Å². The number of aliphatic hydroxyl groups excluding tert-OH is 1. The van der Waals surface area contributed by atoms with Gasteiger partial charge in [0.2, 0.25) is 0 Å². The number of hydrogen-bond acceptors (Lipinski definition) is 3. The van der Waals surface area contributed by atoms with E-state index in [9.17, 15) is 0 Å². The maximum Gasteiger partial charge on any atom is 0.124 e. The fraction of sp³-hybridized carbons (Fsp3) is 0.500. The SMILES string of the molecule is COc1ccc(C#CCCO)cc1COC1CCC1. The number of benzene rings is 1. The highest BCUT2D eigenvalue weighted by atomic mass is 16.5. The molecule has 1 aliphatic rings. The summed E-state index contributed by atoms with van der Waals surface area (Å²) in [7, 11) is 1.67. The van der Waals surface area contributed by atoms with Crippen LogP contribution in [-0.4, -0.2) is 24.9 Å². The third-order valence-electron chi connectivity index (χ3n) is 3.28. The highest BCUT2D eigenvalue weighted by molar-refractivity contribution is 5.44. The van der Waals surface area contributed by atoms with Crippen molar-refractivity contribution in [1.29, 1.82) is 0 Å². The smallest absolute Gasteiger partial charge is 0.124 e. The Balaban J connectivity index is 2.04. The quantitative estimate of drug-likeness (QED) is 0.827. The van der Waals surface area contributed by atoms with Crippen molar-refractivity contribution in [3.8, 4) is 17.6 Å². The number of ether oxygens (including phenoxy) is 2. The number of hydrogen-bond donors (Lipinski definition) is 1. The fourth-order valence-corrected chi connectivity index (χ4v) is 1.93. The molecule has 2 rings (SSSR count). The minimum absolute atomic E-state index is 0.0980. The molecule has 1 aromatic rings. The van der Waals surface area contributed by atoms with Crippen LogP contribution < -0.4 is 4.74 Å². The molecule has 3 heteroatoms. The fourth-order valence-electron chi connectivity index (χ4n) is 1.93. The van der Waals surface area contributed by atoms with Gasteiger partial charge >= 0.3 is 0 Å². The topological polar surface area (TPSA) is 38.7 Å². The van der Waals surface area contributed by atoms with E-state index in [-0.39, 0.29) is 6.61 Å². The standard InChI is InChI=1S/C16H20O3/c1-18-16-9-8-13(5-2-3-10-17)11-14(16)12-19-15-6-4-7-15/h8-9,11,15,17H,3-4,6-7,10,12H2,1H3. The molecule has 1 aliphatic carbocycles. The van der Waals surface area contributed by atoms with E-state index in [4.69, 9.17) is 14.6 Å². The largest absolute Gasteiger partial charge is 0.496 e. The Bertz CT molecular complexity index is 467. The van der Waals surface area contributed by atoms with Gasteiger partial charge in [-0.3, -0.25) is 0 Å². The van der Waals surface area contributed by atoms with Gasteiger partial charge in [0.1, 0.15) is 5.75 Å². The van der Waals surface area contributed by atoms with Gasteiger partial charge in [0.05, 0.1) is 26.4 Å². The highest BCUT2D eigenvalue weighted by Crippen LogP contribution is 2.26. The lowest BCUT2D eigenvalue weighted by Crippen LogP contribution is -2.21. The molecular weight excluding hydrogens is 240 g/mol. The van der Waals surface area contributed by atoms with Crippen LogP contribution in [0.3, 0.4) is 0 Å². The predicted molar refractivity (Wildman–Crippen MR) is 74.0 cm³/mol. The van der Waals surface area contributed by atoms with Gasteiger partial charge in [-0.05, 0) is 37.5 Å². The molecule has 1 saturated carbocycles. The van der Waals surface area contributed by atoms with E-state index in [0.717, 1.165) is 29.7 Å². The molecule has 0 atom stereocenters. The van der Waals surface area contributed by atoms with E-state index in [1.165, 1.54) is 6.42 Å². The monoisotopic (exact) mass is 260 g/mol. The summed E-state index contributed by atoms with van der Waals surface area (Å²) in [6, 6.07) is 5.85. The van der Waals surface area contributed by atoms with Gasteiger partial charge in [0, 0.05) is 17.5 Å². The molecule has 0 heterocycles. The zero-order valence-electron chi connectivity index (χ0n) is 11.3. The van der Waals surface area contributed by atoms with Crippen LogP contribution in [0.4, 0.5) is 0 Å². The van der Waals surface area contributed by atoms with Crippen LogP contribution in [0.15, 0.2) is 18.2 Å². The molecule has 0 aromatic heterocycles. The molecule has 0 amide bonds. The molecule has 1 fully saturated rings. The average molecular weight is 260 g/mol. The van der Waals surface area contributed by atoms with Crippen LogP contribution in [0, 0.1) is 11.8 Å². The number of rotatable bonds is 5. The Morgan fingerprint density at radius 3 is 2.84 bits per heavy atom. The molecule has 3 nitrogen and oxygen atoms in total. The Morgan fingerprint density at radius 2 is 2.21 bits per heavy atom. The van der Waals surface area contributed by atoms with Crippen LogP contribution in [0.25, 0.3) is 0 Å². The lowest BCUT2D eigenvalue weighted by atomic mass is 9.96. The first kappa shape index (κ1) is 13.9. The summed E-state index contributed by atoms with van der Waals surface area (Å²) in [6.07, 6.45) is 4.51. The molecule has 102 valence electrons. The van der Waals surface area contributed by atoms with Gasteiger partial charge < -0.3 is 14.6 Å². The normalized spacial score (nSPS) is 14.4. The minimum Gasteiger partial charge on any atom is -0.496 e. The van der Waals surface area contributed by atoms with Crippen molar-refractivity contribution in [2.45, 2.75) is 38.4 Å². The lowest BCUT2D eigenvalue weighted by molar-refractivity contribution is -0.00934. The molecule has 1 N–H and O–H groups in total. The summed E-state index contributed by atoms with van der Waals surface area (Å²) < 4.78 is 11.2. The van der Waals surface area contributed by atoms with Crippen molar-refractivity contribution in [1.82, 2.24) is 0 Å². The molecule has 0 spiro atoms. The Kier molecular flexibility index (Phi) is 5.26. The summed E-state index contributed by atoms with van der Waals surface area (Å²) in [4.78, 5) is 0. The summed E-state index contributed by atoms with van der Waals surface area (Å²) in [5, 5.41) is 8.72. The van der Waals surface area contributed by atoms with Crippen molar-refractivity contribution in [3.63, 3.8) is 0 Å². The summed E-state index contributed by atoms with van der Waals surface area (Å²) in [5.74, 6) is 6.79. The zero-order chi connectivity index (χ0) is 13.5. The maximum absolute atomic E-state index is 8.72. The van der Waals surface area contributed by atoms with E-state index >= 15 is 0 Å². The second-order valence-electron chi connectivity index (χ2n) is 4.67. The van der Waals surface area contributed by atoms with E-state index in [1.807, 2.05) is 18.2 Å². The van der Waals surface area contributed by atoms with Crippen LogP contribution in [0.5, 0.6) is 5.75 Å². The predicted octanol–water partition coefficient (Wildman–Crippen LogP) is 2.50. The summed E-state index contributed by atoms with van der Waals surface area (Å²) >= 11 is 0. The number of methoxy groups -OCH3 is 1. The third-order valence-corrected chi connectivity index (χ3v) is 3.28. The van der Waals surface area contributed by atoms with Crippen molar-refractivity contribution in [2.24, 2.45) is 0 Å². The van der Waals surface area contributed by atoms with Crippen molar-refractivity contribution < 1.29 is 14.6 Å². The second kappa shape index (κ2) is 7.18. The second-order valence-corrected chi connectivity index (χ2v) is 4.67. The first-order chi connectivity index (χ1) is 9.33. The van der Waals surface area contributed by atoms with E-state index < -0.39 is 0 Å². The highest BCUT2D eigenvalue weighted by Gasteiger charge is 2.18. The van der Waals surface area contributed by atoms with Crippen molar-refractivity contribution >= 4 is 0 Å². The van der Waals surface area contributed by atoms with Crippen LogP contribution in [0.2, 0.25) is 0 Å². The Hall–Kier alpha value is -1.50. The molecule has 0 aliphatic heterocycles. The van der Waals surface area contributed by atoms with Crippen LogP contribution in [0.1, 0.15) is 36.8 Å². The summed E-state index contributed by atoms with van der Waals surface area (Å²) in [5.41, 5.74) is 1.96. The number of aliphatic hydroxyl groups is 1. The van der Waals surface area contributed by atoms with Gasteiger partial charge in [-0.2, -0.15) is 0 Å². The Morgan fingerprint density at radius 1 is 1.37 bits per heavy atom. The van der Waals surface area contributed by atoms with E-state index in [0.29, 0.717) is 19.1 Å². The molecule has 0 unspecified atom stereocenters. The van der Waals surface area contributed by atoms with Gasteiger partial charge in [0.25, 0.3) is 0 Å². The molecule has 0 bridgehead atoms. The third kappa shape index (κ3) is 3.99. The van der Waals surface area contributed by atoms with Gasteiger partial charge in [-0.25, -0.2) is 0 Å². The first-order valence-electron chi connectivity index (χ1n) is 6.71. The van der Waals surface area contributed by atoms with E-state index in [1.54, 1.807) is 7.11 Å². The van der Waals surface area contributed by atoms with Gasteiger partial charge in [-0.1, -0.05) is 11.8 Å². The van der Waals surface area contributed by atoms with Gasteiger partial charge in [-0.15, -0.1) is 0 Å². The molecule has 19 heavy (non-hydrogen) atoms. The zero-order valence-corrected chi connectivity index (χ0v) is 11.3. The van der Waals surface area contributed by atoms with Crippen molar-refractivity contribution in [3.05, 3.63) is 29.3 Å². The molecular formula is C16H20O3. The van der Waals surface area contributed by atoms with Crippen LogP contribution >= 0.6 is 0 Å². The summed E-state index contributed by atoms with van der Waals surface area (Å²) in [6.45, 7) is 0.671.